The number of amides is 1. The van der Waals surface area contributed by atoms with Gasteiger partial charge in [0.1, 0.15) is 0 Å². The number of carbonyl (C=O) groups excluding carboxylic acids is 1. The van der Waals surface area contributed by atoms with E-state index in [9.17, 15) is 13.2 Å². The Bertz CT molecular complexity index is 2000. The largest absolute Gasteiger partial charge is 0.318 e. The van der Waals surface area contributed by atoms with Crippen LogP contribution in [0, 0.1) is 34.6 Å². The first-order valence-electron chi connectivity index (χ1n) is 14.5. The molecule has 1 heterocycles. The van der Waals surface area contributed by atoms with Crippen LogP contribution in [0.1, 0.15) is 49.6 Å². The molecular weight excluding hydrogens is 604 g/mol. The van der Waals surface area contributed by atoms with Gasteiger partial charge in [-0.05, 0) is 111 Å². The van der Waals surface area contributed by atoms with E-state index in [1.54, 1.807) is 79.0 Å². The summed E-state index contributed by atoms with van der Waals surface area (Å²) in [5, 5.41) is 4.65. The van der Waals surface area contributed by atoms with Crippen LogP contribution in [0.3, 0.4) is 0 Å². The SMILES string of the molecule is Cc1ccc(-n2c(C)cc(/C=N\NC(=O)c3ccc(CN(c4cc(Cl)ccc4C)S(=O)(=O)c4ccccc4)cc3)c2C)cc1C. The number of hydrazone groups is 1. The monoisotopic (exact) mass is 638 g/mol. The summed E-state index contributed by atoms with van der Waals surface area (Å²) in [6.45, 7) is 10.1. The number of aryl methyl sites for hydroxylation is 4. The van der Waals surface area contributed by atoms with Gasteiger partial charge in [-0.25, -0.2) is 13.8 Å². The van der Waals surface area contributed by atoms with Gasteiger partial charge in [-0.15, -0.1) is 0 Å². The van der Waals surface area contributed by atoms with Gasteiger partial charge in [0.05, 0.1) is 23.3 Å². The van der Waals surface area contributed by atoms with Crippen molar-refractivity contribution in [2.45, 2.75) is 46.1 Å². The van der Waals surface area contributed by atoms with Crippen LogP contribution in [0.5, 0.6) is 0 Å². The average Bonchev–Trinajstić information content (AvgIpc) is 3.31. The third-order valence-electron chi connectivity index (χ3n) is 7.90. The normalized spacial score (nSPS) is 11.6. The second-order valence-electron chi connectivity index (χ2n) is 11.1. The molecule has 1 N–H and O–H groups in total. The zero-order valence-corrected chi connectivity index (χ0v) is 27.4. The summed E-state index contributed by atoms with van der Waals surface area (Å²) in [6.07, 6.45) is 1.64. The lowest BCUT2D eigenvalue weighted by Gasteiger charge is -2.26. The quantitative estimate of drug-likeness (QED) is 0.132. The zero-order valence-electron chi connectivity index (χ0n) is 25.9. The van der Waals surface area contributed by atoms with Crippen LogP contribution in [0.2, 0.25) is 5.02 Å². The maximum atomic E-state index is 13.8. The summed E-state index contributed by atoms with van der Waals surface area (Å²) >= 11 is 6.27. The molecule has 9 heteroatoms. The summed E-state index contributed by atoms with van der Waals surface area (Å²) < 4.78 is 31.0. The van der Waals surface area contributed by atoms with Crippen LogP contribution >= 0.6 is 11.6 Å². The van der Waals surface area contributed by atoms with Crippen LogP contribution in [0.25, 0.3) is 5.69 Å². The molecule has 5 rings (SSSR count). The molecule has 1 amide bonds. The Kier molecular flexibility index (Phi) is 9.27. The first-order chi connectivity index (χ1) is 21.5. The molecule has 0 aliphatic carbocycles. The Hall–Kier alpha value is -4.66. The maximum Gasteiger partial charge on any atom is 0.271 e. The first-order valence-corrected chi connectivity index (χ1v) is 16.3. The van der Waals surface area contributed by atoms with Crippen molar-refractivity contribution in [1.82, 2.24) is 9.99 Å². The lowest BCUT2D eigenvalue weighted by atomic mass is 10.1. The lowest BCUT2D eigenvalue weighted by Crippen LogP contribution is -2.31. The summed E-state index contributed by atoms with van der Waals surface area (Å²) in [5.41, 5.74) is 11.5. The molecule has 45 heavy (non-hydrogen) atoms. The van der Waals surface area contributed by atoms with Crippen LogP contribution in [-0.4, -0.2) is 25.1 Å². The Labute approximate surface area is 269 Å². The van der Waals surface area contributed by atoms with Crippen molar-refractivity contribution in [1.29, 1.82) is 0 Å². The maximum absolute atomic E-state index is 13.8. The minimum atomic E-state index is -3.91. The molecule has 0 bridgehead atoms. The number of rotatable bonds is 9. The van der Waals surface area contributed by atoms with E-state index in [0.29, 0.717) is 21.8 Å². The molecule has 0 unspecified atom stereocenters. The third-order valence-corrected chi connectivity index (χ3v) is 9.91. The van der Waals surface area contributed by atoms with E-state index in [1.807, 2.05) is 26.8 Å². The highest BCUT2D eigenvalue weighted by Gasteiger charge is 2.26. The van der Waals surface area contributed by atoms with Gasteiger partial charge < -0.3 is 4.57 Å². The fourth-order valence-electron chi connectivity index (χ4n) is 5.20. The van der Waals surface area contributed by atoms with Crippen molar-refractivity contribution < 1.29 is 13.2 Å². The van der Waals surface area contributed by atoms with Gasteiger partial charge in [0.15, 0.2) is 0 Å². The van der Waals surface area contributed by atoms with Gasteiger partial charge in [-0.3, -0.25) is 9.10 Å². The summed E-state index contributed by atoms with van der Waals surface area (Å²) in [7, 11) is -3.91. The molecule has 0 radical (unpaired) electrons. The number of carbonyl (C=O) groups is 1. The molecule has 0 spiro atoms. The van der Waals surface area contributed by atoms with Crippen molar-refractivity contribution in [2.24, 2.45) is 5.10 Å². The van der Waals surface area contributed by atoms with Crippen LogP contribution in [0.15, 0.2) is 107 Å². The topological polar surface area (TPSA) is 83.8 Å². The minimum absolute atomic E-state index is 0.0502. The Morgan fingerprint density at radius 3 is 2.22 bits per heavy atom. The second-order valence-corrected chi connectivity index (χ2v) is 13.4. The van der Waals surface area contributed by atoms with E-state index in [-0.39, 0.29) is 17.3 Å². The van der Waals surface area contributed by atoms with E-state index in [2.05, 4.69) is 47.1 Å². The van der Waals surface area contributed by atoms with Gasteiger partial charge in [-0.1, -0.05) is 54.1 Å². The molecule has 0 fully saturated rings. The van der Waals surface area contributed by atoms with E-state index in [4.69, 9.17) is 11.6 Å². The van der Waals surface area contributed by atoms with Crippen LogP contribution in [0.4, 0.5) is 5.69 Å². The molecule has 0 saturated heterocycles. The minimum Gasteiger partial charge on any atom is -0.318 e. The van der Waals surface area contributed by atoms with Crippen LogP contribution in [-0.2, 0) is 16.6 Å². The predicted molar refractivity (Wildman–Crippen MR) is 182 cm³/mol. The molecule has 1 aromatic heterocycles. The summed E-state index contributed by atoms with van der Waals surface area (Å²) in [6, 6.07) is 28.6. The van der Waals surface area contributed by atoms with Crippen molar-refractivity contribution >= 4 is 39.4 Å². The Balaban J connectivity index is 1.33. The van der Waals surface area contributed by atoms with E-state index < -0.39 is 10.0 Å². The summed E-state index contributed by atoms with van der Waals surface area (Å²) in [4.78, 5) is 13.1. The number of sulfonamides is 1. The fourth-order valence-corrected chi connectivity index (χ4v) is 6.90. The first kappa shape index (κ1) is 31.8. The van der Waals surface area contributed by atoms with E-state index >= 15 is 0 Å². The zero-order chi connectivity index (χ0) is 32.3. The highest BCUT2D eigenvalue weighted by molar-refractivity contribution is 7.92. The molecule has 0 atom stereocenters. The van der Waals surface area contributed by atoms with Crippen LogP contribution < -0.4 is 9.73 Å². The van der Waals surface area contributed by atoms with Gasteiger partial charge in [0, 0.05) is 33.2 Å². The highest BCUT2D eigenvalue weighted by atomic mass is 35.5. The summed E-state index contributed by atoms with van der Waals surface area (Å²) in [5.74, 6) is -0.375. The number of hydrogen-bond acceptors (Lipinski definition) is 4. The average molecular weight is 639 g/mol. The predicted octanol–water partition coefficient (Wildman–Crippen LogP) is 7.83. The number of aromatic nitrogens is 1. The number of hydrogen-bond donors (Lipinski definition) is 1. The smallest absolute Gasteiger partial charge is 0.271 e. The number of nitrogens with one attached hydrogen (secondary N) is 1. The van der Waals surface area contributed by atoms with E-state index in [0.717, 1.165) is 28.2 Å². The third kappa shape index (κ3) is 6.87. The Morgan fingerprint density at radius 2 is 1.53 bits per heavy atom. The van der Waals surface area contributed by atoms with Gasteiger partial charge in [0.2, 0.25) is 0 Å². The van der Waals surface area contributed by atoms with Crippen molar-refractivity contribution in [3.63, 3.8) is 0 Å². The number of anilines is 1. The molecule has 0 aliphatic heterocycles. The molecule has 0 saturated carbocycles. The molecule has 4 aromatic carbocycles. The van der Waals surface area contributed by atoms with E-state index in [1.165, 1.54) is 15.4 Å². The van der Waals surface area contributed by atoms with Crippen molar-refractivity contribution in [2.75, 3.05) is 4.31 Å². The highest BCUT2D eigenvalue weighted by Crippen LogP contribution is 2.31. The Morgan fingerprint density at radius 1 is 0.844 bits per heavy atom. The van der Waals surface area contributed by atoms with Crippen molar-refractivity contribution in [3.05, 3.63) is 147 Å². The number of benzene rings is 4. The molecule has 5 aromatic rings. The van der Waals surface area contributed by atoms with Gasteiger partial charge in [0.25, 0.3) is 15.9 Å². The van der Waals surface area contributed by atoms with Gasteiger partial charge in [-0.2, -0.15) is 5.10 Å². The fraction of sp³-hybridized carbons (Fsp3) is 0.167. The lowest BCUT2D eigenvalue weighted by molar-refractivity contribution is 0.0955. The molecular formula is C36H35ClN4O3S. The standard InChI is InChI=1S/C36H35ClN4O3S/c1-24-12-18-33(19-26(24)3)41-27(4)20-31(28(41)5)22-38-39-36(42)30-15-13-29(14-16-30)23-40(35-21-32(37)17-11-25(35)2)45(43,44)34-9-7-6-8-10-34/h6-22H,23H2,1-5H3,(H,39,42)/b38-22-. The van der Waals surface area contributed by atoms with Gasteiger partial charge >= 0.3 is 0 Å². The molecule has 7 nitrogen and oxygen atoms in total. The van der Waals surface area contributed by atoms with Crippen molar-refractivity contribution in [3.8, 4) is 5.69 Å². The second kappa shape index (κ2) is 13.1. The number of nitrogens with zero attached hydrogens (tertiary/aromatic N) is 3. The molecule has 0 aliphatic rings. The number of halogens is 1. The molecule has 230 valence electrons.